The molecule has 10 rings (SSSR count). The van der Waals surface area contributed by atoms with E-state index in [0.717, 1.165) is 22.7 Å². The fraction of sp³-hybridized carbons (Fsp3) is 0.561. The van der Waals surface area contributed by atoms with Gasteiger partial charge in [-0.1, -0.05) is 0 Å². The Kier molecular flexibility index (Phi) is 11.3. The monoisotopic (exact) mass is 917 g/mol. The first-order valence-electron chi connectivity index (χ1n) is 21.7. The van der Waals surface area contributed by atoms with E-state index in [2.05, 4.69) is 9.97 Å². The Morgan fingerprint density at radius 2 is 0.875 bits per heavy atom. The maximum absolute atomic E-state index is 14.0. The Balaban J connectivity index is 0.754. The number of urea groups is 2. The highest BCUT2D eigenvalue weighted by Gasteiger charge is 2.47. The lowest BCUT2D eigenvalue weighted by molar-refractivity contribution is -0.0903. The quantitative estimate of drug-likeness (QED) is 0.380. The number of morpholine rings is 2. The Labute approximate surface area is 375 Å². The van der Waals surface area contributed by atoms with Crippen molar-refractivity contribution in [3.8, 4) is 0 Å². The third kappa shape index (κ3) is 7.45. The molecule has 2 unspecified atom stereocenters. The van der Waals surface area contributed by atoms with Crippen molar-refractivity contribution in [1.82, 2.24) is 54.1 Å². The molecule has 64 heavy (non-hydrogen) atoms. The van der Waals surface area contributed by atoms with E-state index in [9.17, 15) is 38.4 Å². The lowest BCUT2D eigenvalue weighted by Gasteiger charge is -2.56. The molecular formula is C41H47N11O10S2. The standard InChI is InChI=1S/C41H47N11O10S2/c1-44(28-2-4-51(28)24-22-26(53)34-30(32(24)55)42-36(63-34)38(57)45-6-10-47(11-7-45)40(59)49-14-18-61-19-15-49)29-3-5-52(29)25-23-27(54)35-31(33(25)56)43-37(64-35)39(58)46-8-12-48(13-9-46)41(60)50-16-20-62-21-17-50/h22-23,28-29H,2-21H2,1H3. The molecule has 338 valence electrons. The predicted octanol–water partition coefficient (Wildman–Crippen LogP) is 0.241. The smallest absolute Gasteiger partial charge is 0.320 e. The Hall–Kier alpha value is -5.62. The van der Waals surface area contributed by atoms with Crippen LogP contribution in [0.3, 0.4) is 0 Å². The molecule has 0 saturated carbocycles. The van der Waals surface area contributed by atoms with E-state index >= 15 is 0 Å². The van der Waals surface area contributed by atoms with Crippen LogP contribution in [0, 0.1) is 0 Å². The van der Waals surface area contributed by atoms with Crippen LogP contribution in [0.25, 0.3) is 0 Å². The molecule has 6 saturated heterocycles. The zero-order valence-corrected chi connectivity index (χ0v) is 36.9. The van der Waals surface area contributed by atoms with Crippen molar-refractivity contribution >= 4 is 69.7 Å². The van der Waals surface area contributed by atoms with Crippen LogP contribution in [0.2, 0.25) is 0 Å². The third-order valence-corrected chi connectivity index (χ3v) is 15.4. The van der Waals surface area contributed by atoms with Gasteiger partial charge in [0, 0.05) is 104 Å². The van der Waals surface area contributed by atoms with Crippen molar-refractivity contribution in [2.75, 3.05) is 125 Å². The fourth-order valence-electron chi connectivity index (χ4n) is 9.38. The van der Waals surface area contributed by atoms with Gasteiger partial charge >= 0.3 is 12.1 Å². The minimum absolute atomic E-state index is 0.0482. The van der Waals surface area contributed by atoms with E-state index in [4.69, 9.17) is 9.47 Å². The summed E-state index contributed by atoms with van der Waals surface area (Å²) >= 11 is 1.81. The van der Waals surface area contributed by atoms with Gasteiger partial charge in [0.2, 0.25) is 11.6 Å². The molecule has 6 aliphatic heterocycles. The SMILES string of the molecule is CN(C1CCN1C1=CC(=O)c2sc(C(=O)N3CCN(C(=O)N4CCOCC4)CC3)nc2C1=O)C1CCN1C1=CC(=O)c2sc(C(=O)N3CCN(C(=O)N4CCOCC4)CC3)nc2C1=O. The van der Waals surface area contributed by atoms with Crippen molar-refractivity contribution < 1.29 is 47.8 Å². The Morgan fingerprint density at radius 3 is 1.22 bits per heavy atom. The molecule has 6 amide bonds. The van der Waals surface area contributed by atoms with Gasteiger partial charge in [0.1, 0.15) is 21.1 Å². The Morgan fingerprint density at radius 1 is 0.531 bits per heavy atom. The van der Waals surface area contributed by atoms with Gasteiger partial charge < -0.3 is 48.7 Å². The van der Waals surface area contributed by atoms with Gasteiger partial charge in [0.15, 0.2) is 21.6 Å². The van der Waals surface area contributed by atoms with Gasteiger partial charge in [0.05, 0.1) is 50.2 Å². The van der Waals surface area contributed by atoms with Gasteiger partial charge in [0.25, 0.3) is 11.8 Å². The van der Waals surface area contributed by atoms with E-state index in [-0.39, 0.29) is 66.9 Å². The van der Waals surface area contributed by atoms with Gasteiger partial charge in [-0.2, -0.15) is 0 Å². The molecule has 8 aliphatic rings. The number of carbonyl (C=O) groups excluding carboxylic acids is 8. The number of rotatable bonds is 6. The second-order valence-corrected chi connectivity index (χ2v) is 18.8. The molecule has 2 aromatic rings. The first-order chi connectivity index (χ1) is 31.0. The summed E-state index contributed by atoms with van der Waals surface area (Å²) in [6.45, 7) is 7.69. The molecule has 0 spiro atoms. The van der Waals surface area contributed by atoms with Crippen LogP contribution in [0.4, 0.5) is 9.59 Å². The summed E-state index contributed by atoms with van der Waals surface area (Å²) in [4.78, 5) is 133. The molecule has 0 bridgehead atoms. The summed E-state index contributed by atoms with van der Waals surface area (Å²) in [5.74, 6) is -2.50. The normalized spacial score (nSPS) is 24.0. The lowest BCUT2D eigenvalue weighted by atomic mass is 9.96. The second kappa shape index (κ2) is 17.1. The molecule has 2 aromatic heterocycles. The number of ether oxygens (including phenoxy) is 2. The molecule has 6 fully saturated rings. The van der Waals surface area contributed by atoms with Gasteiger partial charge in [-0.05, 0) is 19.9 Å². The summed E-state index contributed by atoms with van der Waals surface area (Å²) in [6, 6.07) is -0.158. The number of amides is 6. The van der Waals surface area contributed by atoms with Crippen LogP contribution in [0.1, 0.15) is 72.8 Å². The maximum atomic E-state index is 14.0. The van der Waals surface area contributed by atoms with Crippen LogP contribution in [0.15, 0.2) is 23.5 Å². The van der Waals surface area contributed by atoms with Crippen LogP contribution in [-0.2, 0) is 9.47 Å². The summed E-state index contributed by atoms with van der Waals surface area (Å²) in [5, 5.41) is 0.0964. The van der Waals surface area contributed by atoms with Crippen LogP contribution in [-0.4, -0.2) is 239 Å². The first kappa shape index (κ1) is 42.3. The number of allylic oxidation sites excluding steroid dienone is 4. The molecule has 21 nitrogen and oxygen atoms in total. The zero-order chi connectivity index (χ0) is 44.4. The number of ketones is 4. The number of hydrogen-bond acceptors (Lipinski definition) is 17. The van der Waals surface area contributed by atoms with Gasteiger partial charge in [-0.25, -0.2) is 19.6 Å². The second-order valence-electron chi connectivity index (χ2n) is 16.8. The van der Waals surface area contributed by atoms with Crippen LogP contribution < -0.4 is 0 Å². The van der Waals surface area contributed by atoms with Crippen LogP contribution >= 0.6 is 22.7 Å². The molecule has 0 aromatic carbocycles. The van der Waals surface area contributed by atoms with Gasteiger partial charge in [-0.15, -0.1) is 22.7 Å². The van der Waals surface area contributed by atoms with Crippen molar-refractivity contribution in [1.29, 1.82) is 0 Å². The molecule has 2 aliphatic carbocycles. The minimum Gasteiger partial charge on any atom is -0.378 e. The average Bonchev–Trinajstić information content (AvgIpc) is 3.97. The molecular weight excluding hydrogens is 871 g/mol. The molecule has 8 heterocycles. The molecule has 2 atom stereocenters. The Bertz CT molecular complexity index is 2230. The summed E-state index contributed by atoms with van der Waals surface area (Å²) < 4.78 is 10.7. The predicted molar refractivity (Wildman–Crippen MR) is 226 cm³/mol. The summed E-state index contributed by atoms with van der Waals surface area (Å²) in [6.07, 6.45) is 3.32. The van der Waals surface area contributed by atoms with Crippen molar-refractivity contribution in [3.63, 3.8) is 0 Å². The number of likely N-dealkylation sites (tertiary alicyclic amines) is 2. The number of aromatic nitrogens is 2. The number of thiazole rings is 2. The highest BCUT2D eigenvalue weighted by Crippen LogP contribution is 2.39. The van der Waals surface area contributed by atoms with E-state index < -0.39 is 34.9 Å². The highest BCUT2D eigenvalue weighted by molar-refractivity contribution is 7.16. The zero-order valence-electron chi connectivity index (χ0n) is 35.3. The molecule has 0 N–H and O–H groups in total. The van der Waals surface area contributed by atoms with E-state index in [0.29, 0.717) is 131 Å². The highest BCUT2D eigenvalue weighted by atomic mass is 32.1. The number of nitrogens with zero attached hydrogens (tertiary/aromatic N) is 11. The number of carbonyl (C=O) groups is 8. The van der Waals surface area contributed by atoms with Crippen molar-refractivity contribution in [3.05, 3.63) is 54.7 Å². The number of piperazine rings is 2. The minimum atomic E-state index is -0.449. The van der Waals surface area contributed by atoms with Crippen molar-refractivity contribution in [2.45, 2.75) is 25.2 Å². The average molecular weight is 918 g/mol. The van der Waals surface area contributed by atoms with Gasteiger partial charge in [-0.3, -0.25) is 33.7 Å². The number of fused-ring (bicyclic) bond motifs is 2. The van der Waals surface area contributed by atoms with Crippen LogP contribution in [0.5, 0.6) is 0 Å². The molecule has 23 heteroatoms. The fourth-order valence-corrected chi connectivity index (χ4v) is 11.3. The summed E-state index contributed by atoms with van der Waals surface area (Å²) in [7, 11) is 1.87. The number of Topliss-reactive ketones (excluding diaryl/α,β-unsaturated/α-hetero) is 2. The van der Waals surface area contributed by atoms with E-state index in [1.165, 1.54) is 12.2 Å². The topological polar surface area (TPSA) is 210 Å². The summed E-state index contributed by atoms with van der Waals surface area (Å²) in [5.41, 5.74) is 0.266. The van der Waals surface area contributed by atoms with E-state index in [1.54, 1.807) is 29.4 Å². The van der Waals surface area contributed by atoms with E-state index in [1.807, 2.05) is 21.7 Å². The number of hydrogen-bond donors (Lipinski definition) is 0. The first-order valence-corrected chi connectivity index (χ1v) is 23.3. The maximum Gasteiger partial charge on any atom is 0.320 e. The third-order valence-electron chi connectivity index (χ3n) is 13.3. The molecule has 0 radical (unpaired) electrons. The largest absolute Gasteiger partial charge is 0.378 e. The lowest BCUT2D eigenvalue weighted by Crippen LogP contribution is -2.66. The van der Waals surface area contributed by atoms with Crippen molar-refractivity contribution in [2.24, 2.45) is 0 Å².